The average Bonchev–Trinajstić information content (AvgIpc) is 3.59. The highest BCUT2D eigenvalue weighted by molar-refractivity contribution is 7.99. The molecule has 10 nitrogen and oxygen atoms in total. The Labute approximate surface area is 200 Å². The van der Waals surface area contributed by atoms with Gasteiger partial charge in [0.1, 0.15) is 0 Å². The van der Waals surface area contributed by atoms with Gasteiger partial charge in [0.2, 0.25) is 0 Å². The molecule has 178 valence electrons. The number of hydrogen-bond acceptors (Lipinski definition) is 7. The number of aromatic nitrogens is 7. The summed E-state index contributed by atoms with van der Waals surface area (Å²) in [5.41, 5.74) is 1.23. The van der Waals surface area contributed by atoms with E-state index >= 15 is 0 Å². The summed E-state index contributed by atoms with van der Waals surface area (Å²) >= 11 is 1.59. The summed E-state index contributed by atoms with van der Waals surface area (Å²) in [6, 6.07) is 10.2. The van der Waals surface area contributed by atoms with Gasteiger partial charge in [-0.15, -0.1) is 10.2 Å². The van der Waals surface area contributed by atoms with E-state index in [1.165, 1.54) is 22.0 Å². The SMILES string of the molecule is Cn1cnc2c1c(=O)n(CCCSc1nnc(CN3CCCC3)n1-c1ccccc1)c(=O)n2C. The molecule has 3 aromatic heterocycles. The molecule has 34 heavy (non-hydrogen) atoms. The van der Waals surface area contributed by atoms with E-state index < -0.39 is 0 Å². The Morgan fingerprint density at radius 2 is 1.79 bits per heavy atom. The van der Waals surface area contributed by atoms with Gasteiger partial charge in [0.05, 0.1) is 12.9 Å². The quantitative estimate of drug-likeness (QED) is 0.280. The molecule has 4 heterocycles. The van der Waals surface area contributed by atoms with Crippen molar-refractivity contribution in [3.63, 3.8) is 0 Å². The van der Waals surface area contributed by atoms with E-state index in [4.69, 9.17) is 0 Å². The van der Waals surface area contributed by atoms with E-state index in [0.29, 0.717) is 29.9 Å². The molecular formula is C23H28N8O2S. The van der Waals surface area contributed by atoms with E-state index in [1.54, 1.807) is 36.8 Å². The Bertz CT molecular complexity index is 1410. The molecule has 1 saturated heterocycles. The minimum atomic E-state index is -0.346. The number of likely N-dealkylation sites (tertiary alicyclic amines) is 1. The van der Waals surface area contributed by atoms with Crippen LogP contribution in [-0.4, -0.2) is 57.2 Å². The van der Waals surface area contributed by atoms with Crippen molar-refractivity contribution in [2.45, 2.75) is 37.5 Å². The van der Waals surface area contributed by atoms with Crippen LogP contribution in [0, 0.1) is 0 Å². The number of nitrogens with zero attached hydrogens (tertiary/aromatic N) is 8. The molecule has 0 saturated carbocycles. The molecule has 0 atom stereocenters. The number of aryl methyl sites for hydroxylation is 2. The highest BCUT2D eigenvalue weighted by Crippen LogP contribution is 2.24. The molecule has 1 fully saturated rings. The molecule has 0 amide bonds. The fourth-order valence-electron chi connectivity index (χ4n) is 4.45. The molecule has 1 aromatic carbocycles. The topological polar surface area (TPSA) is 95.8 Å². The lowest BCUT2D eigenvalue weighted by Gasteiger charge is -2.16. The fourth-order valence-corrected chi connectivity index (χ4v) is 5.35. The molecule has 0 spiro atoms. The van der Waals surface area contributed by atoms with Crippen LogP contribution in [0.25, 0.3) is 16.9 Å². The van der Waals surface area contributed by atoms with Crippen LogP contribution in [0.15, 0.2) is 51.4 Å². The normalized spacial score (nSPS) is 14.4. The summed E-state index contributed by atoms with van der Waals surface area (Å²) in [5, 5.41) is 9.80. The Morgan fingerprint density at radius 3 is 2.56 bits per heavy atom. The lowest BCUT2D eigenvalue weighted by atomic mass is 10.3. The fraction of sp³-hybridized carbons (Fsp3) is 0.435. The molecule has 0 unspecified atom stereocenters. The predicted molar refractivity (Wildman–Crippen MR) is 131 cm³/mol. The zero-order valence-corrected chi connectivity index (χ0v) is 20.2. The number of thioether (sulfide) groups is 1. The van der Waals surface area contributed by atoms with Crippen LogP contribution in [0.4, 0.5) is 0 Å². The Kier molecular flexibility index (Phi) is 6.38. The van der Waals surface area contributed by atoms with E-state index in [2.05, 4.69) is 36.8 Å². The monoisotopic (exact) mass is 480 g/mol. The van der Waals surface area contributed by atoms with E-state index in [0.717, 1.165) is 36.3 Å². The largest absolute Gasteiger partial charge is 0.332 e. The van der Waals surface area contributed by atoms with Crippen LogP contribution in [0.3, 0.4) is 0 Å². The van der Waals surface area contributed by atoms with Gasteiger partial charge in [-0.1, -0.05) is 30.0 Å². The van der Waals surface area contributed by atoms with Crippen molar-refractivity contribution in [3.8, 4) is 5.69 Å². The minimum absolute atomic E-state index is 0.302. The average molecular weight is 481 g/mol. The lowest BCUT2D eigenvalue weighted by Crippen LogP contribution is -2.39. The third kappa shape index (κ3) is 4.21. The zero-order chi connectivity index (χ0) is 23.7. The van der Waals surface area contributed by atoms with Gasteiger partial charge >= 0.3 is 5.69 Å². The van der Waals surface area contributed by atoms with Crippen molar-refractivity contribution in [2.24, 2.45) is 14.1 Å². The van der Waals surface area contributed by atoms with Gasteiger partial charge in [-0.2, -0.15) is 0 Å². The smallest absolute Gasteiger partial charge is 0.328 e. The van der Waals surface area contributed by atoms with Crippen LogP contribution in [0.1, 0.15) is 25.1 Å². The summed E-state index contributed by atoms with van der Waals surface area (Å²) in [6.45, 7) is 3.29. The molecule has 0 aliphatic carbocycles. The van der Waals surface area contributed by atoms with Crippen molar-refractivity contribution in [3.05, 3.63) is 63.3 Å². The second kappa shape index (κ2) is 9.59. The Morgan fingerprint density at radius 1 is 1.03 bits per heavy atom. The van der Waals surface area contributed by atoms with Crippen molar-refractivity contribution >= 4 is 22.9 Å². The van der Waals surface area contributed by atoms with Crippen LogP contribution in [-0.2, 0) is 27.2 Å². The maximum Gasteiger partial charge on any atom is 0.332 e. The number of hydrogen-bond donors (Lipinski definition) is 0. The van der Waals surface area contributed by atoms with Gasteiger partial charge in [-0.25, -0.2) is 9.78 Å². The number of benzene rings is 1. The molecule has 0 N–H and O–H groups in total. The van der Waals surface area contributed by atoms with Gasteiger partial charge < -0.3 is 4.57 Å². The van der Waals surface area contributed by atoms with Crippen molar-refractivity contribution in [2.75, 3.05) is 18.8 Å². The van der Waals surface area contributed by atoms with E-state index in [9.17, 15) is 9.59 Å². The third-order valence-electron chi connectivity index (χ3n) is 6.24. The molecular weight excluding hydrogens is 452 g/mol. The Balaban J connectivity index is 1.33. The van der Waals surface area contributed by atoms with E-state index in [1.807, 2.05) is 18.2 Å². The van der Waals surface area contributed by atoms with Crippen molar-refractivity contribution in [1.29, 1.82) is 0 Å². The number of rotatable bonds is 8. The van der Waals surface area contributed by atoms with Crippen LogP contribution in [0.2, 0.25) is 0 Å². The number of imidazole rings is 1. The predicted octanol–water partition coefficient (Wildman–Crippen LogP) is 1.79. The summed E-state index contributed by atoms with van der Waals surface area (Å²) in [6.07, 6.45) is 4.66. The number of para-hydroxylation sites is 1. The molecule has 0 radical (unpaired) electrons. The second-order valence-electron chi connectivity index (χ2n) is 8.58. The van der Waals surface area contributed by atoms with Gasteiger partial charge in [-0.05, 0) is 44.5 Å². The first-order valence-corrected chi connectivity index (χ1v) is 12.5. The number of fused-ring (bicyclic) bond motifs is 1. The molecule has 1 aliphatic rings. The minimum Gasteiger partial charge on any atom is -0.328 e. The molecule has 11 heteroatoms. The van der Waals surface area contributed by atoms with Gasteiger partial charge in [0.25, 0.3) is 5.56 Å². The summed E-state index contributed by atoms with van der Waals surface area (Å²) in [7, 11) is 3.41. The first-order chi connectivity index (χ1) is 16.5. The highest BCUT2D eigenvalue weighted by atomic mass is 32.2. The molecule has 1 aliphatic heterocycles. The van der Waals surface area contributed by atoms with Crippen molar-refractivity contribution in [1.82, 2.24) is 38.3 Å². The molecule has 0 bridgehead atoms. The summed E-state index contributed by atoms with van der Waals surface area (Å²) in [5.74, 6) is 1.63. The highest BCUT2D eigenvalue weighted by Gasteiger charge is 2.20. The maximum absolute atomic E-state index is 12.9. The zero-order valence-electron chi connectivity index (χ0n) is 19.4. The first-order valence-electron chi connectivity index (χ1n) is 11.5. The van der Waals surface area contributed by atoms with Crippen LogP contribution < -0.4 is 11.2 Å². The van der Waals surface area contributed by atoms with Crippen molar-refractivity contribution < 1.29 is 0 Å². The van der Waals surface area contributed by atoms with Gasteiger partial charge in [0, 0.05) is 32.1 Å². The second-order valence-corrected chi connectivity index (χ2v) is 9.64. The van der Waals surface area contributed by atoms with Crippen LogP contribution >= 0.6 is 11.8 Å². The maximum atomic E-state index is 12.9. The van der Waals surface area contributed by atoms with Crippen LogP contribution in [0.5, 0.6) is 0 Å². The molecule has 5 rings (SSSR count). The Hall–Kier alpha value is -3.18. The third-order valence-corrected chi connectivity index (χ3v) is 7.25. The van der Waals surface area contributed by atoms with Gasteiger partial charge in [0.15, 0.2) is 22.1 Å². The summed E-state index contributed by atoms with van der Waals surface area (Å²) in [4.78, 5) is 32.2. The standard InChI is InChI=1S/C23H28N8O2S/c1-27-16-24-20-19(27)21(32)30(23(33)28(20)2)13-8-14-34-22-26-25-18(15-29-11-6-7-12-29)31(22)17-9-4-3-5-10-17/h3-5,9-10,16H,6-8,11-15H2,1-2H3. The van der Waals surface area contributed by atoms with Gasteiger partial charge in [-0.3, -0.25) is 23.4 Å². The lowest BCUT2D eigenvalue weighted by molar-refractivity contribution is 0.319. The van der Waals surface area contributed by atoms with E-state index in [-0.39, 0.29) is 11.2 Å². The summed E-state index contributed by atoms with van der Waals surface area (Å²) < 4.78 is 6.51. The first kappa shape index (κ1) is 22.6. The molecule has 4 aromatic rings.